The van der Waals surface area contributed by atoms with E-state index in [2.05, 4.69) is 12.2 Å². The van der Waals surface area contributed by atoms with E-state index < -0.39 is 0 Å². The summed E-state index contributed by atoms with van der Waals surface area (Å²) < 4.78 is 0. The highest BCUT2D eigenvalue weighted by Gasteiger charge is 2.29. The van der Waals surface area contributed by atoms with Crippen LogP contribution in [-0.4, -0.2) is 30.1 Å². The van der Waals surface area contributed by atoms with Crippen molar-refractivity contribution in [3.8, 4) is 0 Å². The maximum atomic E-state index is 11.9. The zero-order chi connectivity index (χ0) is 12.3. The number of benzene rings is 1. The van der Waals surface area contributed by atoms with E-state index in [1.54, 1.807) is 4.90 Å². The lowest BCUT2D eigenvalue weighted by Crippen LogP contribution is -2.39. The molecule has 2 unspecified atom stereocenters. The molecule has 2 rings (SSSR count). The van der Waals surface area contributed by atoms with Gasteiger partial charge in [-0.15, -0.1) is 0 Å². The van der Waals surface area contributed by atoms with Gasteiger partial charge < -0.3 is 16.0 Å². The summed E-state index contributed by atoms with van der Waals surface area (Å²) in [5, 5.41) is 2.91. The largest absolute Gasteiger partial charge is 0.334 e. The number of carbonyl (C=O) groups is 1. The lowest BCUT2D eigenvalue weighted by Gasteiger charge is -2.16. The van der Waals surface area contributed by atoms with E-state index in [4.69, 9.17) is 5.73 Å². The molecular weight excluding hydrogens is 214 g/mol. The van der Waals surface area contributed by atoms with Crippen LogP contribution in [0.5, 0.6) is 0 Å². The Morgan fingerprint density at radius 1 is 1.41 bits per heavy atom. The van der Waals surface area contributed by atoms with Gasteiger partial charge in [-0.3, -0.25) is 0 Å². The van der Waals surface area contributed by atoms with Gasteiger partial charge in [-0.25, -0.2) is 4.79 Å². The molecule has 3 N–H and O–H groups in total. The van der Waals surface area contributed by atoms with Crippen molar-refractivity contribution in [2.75, 3.05) is 13.1 Å². The van der Waals surface area contributed by atoms with Crippen molar-refractivity contribution < 1.29 is 4.79 Å². The van der Waals surface area contributed by atoms with Crippen LogP contribution in [0.1, 0.15) is 12.5 Å². The molecular formula is C13H19N3O. The summed E-state index contributed by atoms with van der Waals surface area (Å²) in [4.78, 5) is 13.7. The molecule has 1 heterocycles. The summed E-state index contributed by atoms with van der Waals surface area (Å²) >= 11 is 0. The Kier molecular flexibility index (Phi) is 3.64. The summed E-state index contributed by atoms with van der Waals surface area (Å²) in [5.41, 5.74) is 7.00. The summed E-state index contributed by atoms with van der Waals surface area (Å²) in [6.45, 7) is 4.05. The third-order valence-electron chi connectivity index (χ3n) is 3.24. The van der Waals surface area contributed by atoms with Gasteiger partial charge in [0.1, 0.15) is 0 Å². The van der Waals surface area contributed by atoms with Crippen LogP contribution in [0.3, 0.4) is 0 Å². The van der Waals surface area contributed by atoms with Crippen molar-refractivity contribution in [2.45, 2.75) is 19.5 Å². The van der Waals surface area contributed by atoms with Crippen LogP contribution in [0, 0.1) is 5.92 Å². The van der Waals surface area contributed by atoms with Gasteiger partial charge in [0.05, 0.1) is 0 Å². The molecule has 1 aliphatic rings. The molecule has 2 atom stereocenters. The summed E-state index contributed by atoms with van der Waals surface area (Å²) in [7, 11) is 0. The molecule has 17 heavy (non-hydrogen) atoms. The smallest absolute Gasteiger partial charge is 0.317 e. The second-order valence-corrected chi connectivity index (χ2v) is 4.69. The number of nitrogens with zero attached hydrogens (tertiary/aromatic N) is 1. The number of hydrogen-bond donors (Lipinski definition) is 2. The third-order valence-corrected chi connectivity index (χ3v) is 3.24. The molecule has 0 aromatic heterocycles. The average Bonchev–Trinajstić information content (AvgIpc) is 2.68. The molecule has 0 spiro atoms. The van der Waals surface area contributed by atoms with Crippen molar-refractivity contribution in [2.24, 2.45) is 11.7 Å². The van der Waals surface area contributed by atoms with Gasteiger partial charge >= 0.3 is 6.03 Å². The fourth-order valence-electron chi connectivity index (χ4n) is 2.04. The Labute approximate surface area is 102 Å². The second kappa shape index (κ2) is 5.19. The maximum absolute atomic E-state index is 11.9. The zero-order valence-electron chi connectivity index (χ0n) is 10.1. The number of carbonyl (C=O) groups excluding carboxylic acids is 1. The maximum Gasteiger partial charge on any atom is 0.317 e. The molecule has 1 fully saturated rings. The van der Waals surface area contributed by atoms with Crippen LogP contribution in [0.15, 0.2) is 30.3 Å². The number of hydrogen-bond acceptors (Lipinski definition) is 2. The third kappa shape index (κ3) is 2.97. The predicted molar refractivity (Wildman–Crippen MR) is 67.4 cm³/mol. The summed E-state index contributed by atoms with van der Waals surface area (Å²) in [6, 6.07) is 9.99. The number of likely N-dealkylation sites (tertiary alicyclic amines) is 1. The fraction of sp³-hybridized carbons (Fsp3) is 0.462. The lowest BCUT2D eigenvalue weighted by molar-refractivity contribution is 0.206. The number of rotatable bonds is 2. The fourth-order valence-corrected chi connectivity index (χ4v) is 2.04. The highest BCUT2D eigenvalue weighted by atomic mass is 16.2. The normalized spacial score (nSPS) is 23.8. The monoisotopic (exact) mass is 233 g/mol. The van der Waals surface area contributed by atoms with Crippen LogP contribution in [0.4, 0.5) is 4.79 Å². The molecule has 0 aliphatic carbocycles. The number of urea groups is 1. The van der Waals surface area contributed by atoms with Crippen molar-refractivity contribution in [3.63, 3.8) is 0 Å². The Morgan fingerprint density at radius 3 is 2.71 bits per heavy atom. The molecule has 1 aromatic rings. The van der Waals surface area contributed by atoms with Crippen molar-refractivity contribution >= 4 is 6.03 Å². The number of amides is 2. The van der Waals surface area contributed by atoms with E-state index in [-0.39, 0.29) is 12.1 Å². The van der Waals surface area contributed by atoms with E-state index in [1.165, 1.54) is 0 Å². The highest BCUT2D eigenvalue weighted by Crippen LogP contribution is 2.14. The molecule has 92 valence electrons. The van der Waals surface area contributed by atoms with Crippen molar-refractivity contribution in [3.05, 3.63) is 35.9 Å². The van der Waals surface area contributed by atoms with Gasteiger partial charge in [0.15, 0.2) is 0 Å². The SMILES string of the molecule is CC1CN(C(=O)NCc2ccccc2)CC1N. The number of nitrogens with one attached hydrogen (secondary N) is 1. The van der Waals surface area contributed by atoms with E-state index in [0.29, 0.717) is 19.0 Å². The molecule has 0 radical (unpaired) electrons. The quantitative estimate of drug-likeness (QED) is 0.805. The van der Waals surface area contributed by atoms with Crippen LogP contribution in [0.25, 0.3) is 0 Å². The van der Waals surface area contributed by atoms with Crippen molar-refractivity contribution in [1.82, 2.24) is 10.2 Å². The first-order chi connectivity index (χ1) is 8.16. The van der Waals surface area contributed by atoms with Crippen LogP contribution < -0.4 is 11.1 Å². The Hall–Kier alpha value is -1.55. The first-order valence-corrected chi connectivity index (χ1v) is 5.99. The molecule has 1 saturated heterocycles. The molecule has 0 bridgehead atoms. The number of nitrogens with two attached hydrogens (primary N) is 1. The first-order valence-electron chi connectivity index (χ1n) is 5.99. The Bertz CT molecular complexity index is 370. The van der Waals surface area contributed by atoms with E-state index >= 15 is 0 Å². The van der Waals surface area contributed by atoms with Gasteiger partial charge in [0.2, 0.25) is 0 Å². The molecule has 4 heteroatoms. The van der Waals surface area contributed by atoms with E-state index in [9.17, 15) is 4.79 Å². The average molecular weight is 233 g/mol. The second-order valence-electron chi connectivity index (χ2n) is 4.69. The van der Waals surface area contributed by atoms with Gasteiger partial charge in [-0.1, -0.05) is 37.3 Å². The van der Waals surface area contributed by atoms with Gasteiger partial charge in [-0.05, 0) is 11.5 Å². The van der Waals surface area contributed by atoms with Gasteiger partial charge in [-0.2, -0.15) is 0 Å². The Morgan fingerprint density at radius 2 is 2.12 bits per heavy atom. The highest BCUT2D eigenvalue weighted by molar-refractivity contribution is 5.74. The van der Waals surface area contributed by atoms with Crippen molar-refractivity contribution in [1.29, 1.82) is 0 Å². The topological polar surface area (TPSA) is 58.4 Å². The van der Waals surface area contributed by atoms with Crippen LogP contribution in [-0.2, 0) is 6.54 Å². The van der Waals surface area contributed by atoms with Crippen LogP contribution >= 0.6 is 0 Å². The standard InChI is InChI=1S/C13H19N3O/c1-10-8-16(9-12(10)14)13(17)15-7-11-5-3-2-4-6-11/h2-6,10,12H,7-9,14H2,1H3,(H,15,17). The zero-order valence-corrected chi connectivity index (χ0v) is 10.1. The first kappa shape index (κ1) is 11.9. The molecule has 1 aromatic carbocycles. The minimum absolute atomic E-state index is 0.0198. The minimum Gasteiger partial charge on any atom is -0.334 e. The lowest BCUT2D eigenvalue weighted by atomic mass is 10.1. The van der Waals surface area contributed by atoms with Crippen LogP contribution in [0.2, 0.25) is 0 Å². The molecule has 0 saturated carbocycles. The van der Waals surface area contributed by atoms with E-state index in [0.717, 1.165) is 12.1 Å². The molecule has 1 aliphatic heterocycles. The summed E-state index contributed by atoms with van der Waals surface area (Å²) in [6.07, 6.45) is 0. The minimum atomic E-state index is -0.0198. The van der Waals surface area contributed by atoms with Gasteiger partial charge in [0.25, 0.3) is 0 Å². The van der Waals surface area contributed by atoms with E-state index in [1.807, 2.05) is 30.3 Å². The van der Waals surface area contributed by atoms with Gasteiger partial charge in [0, 0.05) is 25.7 Å². The molecule has 4 nitrogen and oxygen atoms in total. The predicted octanol–water partition coefficient (Wildman–Crippen LogP) is 1.18. The molecule has 2 amide bonds. The Balaban J connectivity index is 1.82. The summed E-state index contributed by atoms with van der Waals surface area (Å²) in [5.74, 6) is 0.387.